The molecule has 0 fully saturated rings. The largest absolute Gasteiger partial charge is 0.496 e. The van der Waals surface area contributed by atoms with Crippen LogP contribution in [0.3, 0.4) is 0 Å². The van der Waals surface area contributed by atoms with E-state index in [-0.39, 0.29) is 18.3 Å². The molecule has 0 aliphatic heterocycles. The molecule has 0 saturated carbocycles. The lowest BCUT2D eigenvalue weighted by molar-refractivity contribution is -0.121. The number of hydrogen-bond donors (Lipinski definition) is 1. The van der Waals surface area contributed by atoms with E-state index in [9.17, 15) is 9.18 Å². The smallest absolute Gasteiger partial charge is 0.220 e. The average Bonchev–Trinajstić information content (AvgIpc) is 2.52. The Bertz CT molecular complexity index is 599. The molecule has 0 bridgehead atoms. The molecule has 2 rings (SSSR count). The topological polar surface area (TPSA) is 38.3 Å². The van der Waals surface area contributed by atoms with Crippen molar-refractivity contribution in [1.29, 1.82) is 0 Å². The number of rotatable bonds is 6. The normalized spacial score (nSPS) is 10.2. The summed E-state index contributed by atoms with van der Waals surface area (Å²) in [7, 11) is 1.52. The predicted molar refractivity (Wildman–Crippen MR) is 79.6 cm³/mol. The summed E-state index contributed by atoms with van der Waals surface area (Å²) in [5, 5.41) is 2.79. The molecule has 0 unspecified atom stereocenters. The van der Waals surface area contributed by atoms with Crippen molar-refractivity contribution in [3.05, 3.63) is 65.5 Å². The van der Waals surface area contributed by atoms with Crippen LogP contribution in [0.2, 0.25) is 0 Å². The van der Waals surface area contributed by atoms with Crippen LogP contribution in [0.5, 0.6) is 5.75 Å². The molecular weight excluding hydrogens is 269 g/mol. The molecule has 0 spiro atoms. The number of methoxy groups -OCH3 is 1. The molecule has 0 aliphatic carbocycles. The van der Waals surface area contributed by atoms with E-state index in [1.54, 1.807) is 6.07 Å². The van der Waals surface area contributed by atoms with Gasteiger partial charge in [0.05, 0.1) is 7.11 Å². The van der Waals surface area contributed by atoms with Gasteiger partial charge in [-0.2, -0.15) is 0 Å². The molecule has 3 nitrogen and oxygen atoms in total. The van der Waals surface area contributed by atoms with E-state index in [4.69, 9.17) is 4.74 Å². The van der Waals surface area contributed by atoms with E-state index in [1.165, 1.54) is 19.2 Å². The molecular formula is C17H18FNO2. The minimum absolute atomic E-state index is 0.0647. The van der Waals surface area contributed by atoms with Crippen LogP contribution in [-0.2, 0) is 17.8 Å². The Morgan fingerprint density at radius 2 is 1.95 bits per heavy atom. The number of hydrogen-bond acceptors (Lipinski definition) is 2. The first-order valence-electron chi connectivity index (χ1n) is 6.82. The van der Waals surface area contributed by atoms with Gasteiger partial charge in [-0.25, -0.2) is 4.39 Å². The Labute approximate surface area is 123 Å². The molecule has 0 radical (unpaired) electrons. The van der Waals surface area contributed by atoms with Crippen LogP contribution in [-0.4, -0.2) is 13.0 Å². The zero-order chi connectivity index (χ0) is 15.1. The van der Waals surface area contributed by atoms with Gasteiger partial charge >= 0.3 is 0 Å². The fourth-order valence-electron chi connectivity index (χ4n) is 2.07. The van der Waals surface area contributed by atoms with Crippen LogP contribution in [0.15, 0.2) is 48.5 Å². The Morgan fingerprint density at radius 3 is 2.67 bits per heavy atom. The SMILES string of the molecule is COc1ccc(F)cc1CNC(=O)CCc1ccccc1. The Balaban J connectivity index is 1.85. The highest BCUT2D eigenvalue weighted by molar-refractivity contribution is 5.76. The van der Waals surface area contributed by atoms with Crippen LogP contribution in [0.1, 0.15) is 17.5 Å². The lowest BCUT2D eigenvalue weighted by Gasteiger charge is -2.10. The average molecular weight is 287 g/mol. The summed E-state index contributed by atoms with van der Waals surface area (Å²) >= 11 is 0. The number of nitrogens with one attached hydrogen (secondary N) is 1. The number of carbonyl (C=O) groups is 1. The van der Waals surface area contributed by atoms with Crippen molar-refractivity contribution in [2.24, 2.45) is 0 Å². The third kappa shape index (κ3) is 4.60. The van der Waals surface area contributed by atoms with Crippen LogP contribution < -0.4 is 10.1 Å². The predicted octanol–water partition coefficient (Wildman–Crippen LogP) is 3.08. The minimum atomic E-state index is -0.343. The van der Waals surface area contributed by atoms with Crippen LogP contribution >= 0.6 is 0 Å². The zero-order valence-corrected chi connectivity index (χ0v) is 11.9. The first-order valence-corrected chi connectivity index (χ1v) is 6.82. The Morgan fingerprint density at radius 1 is 1.19 bits per heavy atom. The van der Waals surface area contributed by atoms with E-state index in [2.05, 4.69) is 5.32 Å². The Kier molecular flexibility index (Phi) is 5.32. The van der Waals surface area contributed by atoms with Gasteiger partial charge in [0, 0.05) is 18.5 Å². The molecule has 4 heteroatoms. The summed E-state index contributed by atoms with van der Waals surface area (Å²) in [6.07, 6.45) is 1.09. The first-order chi connectivity index (χ1) is 10.2. The van der Waals surface area contributed by atoms with Gasteiger partial charge in [0.25, 0.3) is 0 Å². The molecule has 0 aromatic heterocycles. The summed E-state index contributed by atoms with van der Waals surface area (Å²) in [5.74, 6) is 0.161. The second-order valence-corrected chi connectivity index (χ2v) is 4.72. The summed E-state index contributed by atoms with van der Waals surface area (Å²) in [6.45, 7) is 0.258. The van der Waals surface area contributed by atoms with Crippen molar-refractivity contribution in [1.82, 2.24) is 5.32 Å². The van der Waals surface area contributed by atoms with Gasteiger partial charge in [-0.3, -0.25) is 4.79 Å². The molecule has 21 heavy (non-hydrogen) atoms. The summed E-state index contributed by atoms with van der Waals surface area (Å²) in [6, 6.07) is 14.1. The van der Waals surface area contributed by atoms with E-state index >= 15 is 0 Å². The molecule has 0 atom stereocenters. The van der Waals surface area contributed by atoms with Crippen LogP contribution in [0.4, 0.5) is 4.39 Å². The quantitative estimate of drug-likeness (QED) is 0.886. The zero-order valence-electron chi connectivity index (χ0n) is 11.9. The van der Waals surface area contributed by atoms with Crippen molar-refractivity contribution < 1.29 is 13.9 Å². The fraction of sp³-hybridized carbons (Fsp3) is 0.235. The summed E-state index contributed by atoms with van der Waals surface area (Å²) in [4.78, 5) is 11.8. The van der Waals surface area contributed by atoms with Crippen molar-refractivity contribution in [2.45, 2.75) is 19.4 Å². The van der Waals surface area contributed by atoms with Gasteiger partial charge in [-0.1, -0.05) is 30.3 Å². The van der Waals surface area contributed by atoms with E-state index in [0.717, 1.165) is 5.56 Å². The lowest BCUT2D eigenvalue weighted by atomic mass is 10.1. The van der Waals surface area contributed by atoms with Crippen molar-refractivity contribution >= 4 is 5.91 Å². The Hall–Kier alpha value is -2.36. The highest BCUT2D eigenvalue weighted by Gasteiger charge is 2.07. The standard InChI is InChI=1S/C17H18FNO2/c1-21-16-9-8-15(18)11-14(16)12-19-17(20)10-7-13-5-3-2-4-6-13/h2-6,8-9,11H,7,10,12H2,1H3,(H,19,20). The number of aryl methyl sites for hydroxylation is 1. The highest BCUT2D eigenvalue weighted by Crippen LogP contribution is 2.18. The van der Waals surface area contributed by atoms with Crippen molar-refractivity contribution in [3.8, 4) is 5.75 Å². The van der Waals surface area contributed by atoms with Gasteiger partial charge in [0.15, 0.2) is 0 Å². The van der Waals surface area contributed by atoms with Gasteiger partial charge in [0.1, 0.15) is 11.6 Å². The minimum Gasteiger partial charge on any atom is -0.496 e. The molecule has 110 valence electrons. The van der Waals surface area contributed by atoms with Crippen molar-refractivity contribution in [2.75, 3.05) is 7.11 Å². The third-order valence-electron chi connectivity index (χ3n) is 3.20. The van der Waals surface area contributed by atoms with Gasteiger partial charge in [-0.15, -0.1) is 0 Å². The number of halogens is 1. The van der Waals surface area contributed by atoms with Gasteiger partial charge in [-0.05, 0) is 30.2 Å². The molecule has 0 saturated heterocycles. The number of benzene rings is 2. The molecule has 0 aliphatic rings. The number of carbonyl (C=O) groups excluding carboxylic acids is 1. The fourth-order valence-corrected chi connectivity index (χ4v) is 2.07. The van der Waals surface area contributed by atoms with E-state index in [0.29, 0.717) is 24.2 Å². The van der Waals surface area contributed by atoms with Gasteiger partial charge < -0.3 is 10.1 Å². The lowest BCUT2D eigenvalue weighted by Crippen LogP contribution is -2.23. The van der Waals surface area contributed by atoms with Gasteiger partial charge in [0.2, 0.25) is 5.91 Å². The summed E-state index contributed by atoms with van der Waals surface area (Å²) < 4.78 is 18.4. The van der Waals surface area contributed by atoms with E-state index in [1.807, 2.05) is 30.3 Å². The highest BCUT2D eigenvalue weighted by atomic mass is 19.1. The molecule has 2 aromatic rings. The second-order valence-electron chi connectivity index (χ2n) is 4.72. The van der Waals surface area contributed by atoms with Crippen LogP contribution in [0.25, 0.3) is 0 Å². The van der Waals surface area contributed by atoms with Crippen LogP contribution in [0, 0.1) is 5.82 Å². The van der Waals surface area contributed by atoms with Crippen molar-refractivity contribution in [3.63, 3.8) is 0 Å². The molecule has 1 N–H and O–H groups in total. The number of amides is 1. The maximum absolute atomic E-state index is 13.2. The third-order valence-corrected chi connectivity index (χ3v) is 3.20. The number of ether oxygens (including phenoxy) is 1. The first kappa shape index (κ1) is 15.0. The molecule has 1 amide bonds. The van der Waals surface area contributed by atoms with E-state index < -0.39 is 0 Å². The molecule has 0 heterocycles. The second kappa shape index (κ2) is 7.43. The maximum atomic E-state index is 13.2. The summed E-state index contributed by atoms with van der Waals surface area (Å²) in [5.41, 5.74) is 1.75. The monoisotopic (exact) mass is 287 g/mol. The maximum Gasteiger partial charge on any atom is 0.220 e. The molecule has 2 aromatic carbocycles.